The lowest BCUT2D eigenvalue weighted by molar-refractivity contribution is -0.113. The summed E-state index contributed by atoms with van der Waals surface area (Å²) in [5.41, 5.74) is 1.04. The average Bonchev–Trinajstić information content (AvgIpc) is 2.31. The number of aldehydes is 1. The van der Waals surface area contributed by atoms with Crippen molar-refractivity contribution < 1.29 is 4.79 Å². The highest BCUT2D eigenvalue weighted by Gasteiger charge is 2.33. The third kappa shape index (κ3) is 1.59. The second kappa shape index (κ2) is 3.95. The summed E-state index contributed by atoms with van der Waals surface area (Å²) in [4.78, 5) is 11.3. The van der Waals surface area contributed by atoms with Crippen LogP contribution in [0.15, 0.2) is 30.3 Å². The Bertz CT molecular complexity index is 296. The molecule has 1 saturated carbocycles. The third-order valence-corrected chi connectivity index (χ3v) is 3.32. The van der Waals surface area contributed by atoms with Gasteiger partial charge in [-0.3, -0.25) is 0 Å². The summed E-state index contributed by atoms with van der Waals surface area (Å²) in [5.74, 6) is 0. The van der Waals surface area contributed by atoms with Crippen LogP contribution in [-0.2, 0) is 10.2 Å². The Balaban J connectivity index is 2.32. The van der Waals surface area contributed by atoms with Crippen LogP contribution in [0.25, 0.3) is 0 Å². The molecule has 0 bridgehead atoms. The van der Waals surface area contributed by atoms with E-state index in [0.29, 0.717) is 0 Å². The fourth-order valence-corrected chi connectivity index (χ4v) is 2.43. The summed E-state index contributed by atoms with van der Waals surface area (Å²) >= 11 is 0. The average molecular weight is 188 g/mol. The molecule has 1 fully saturated rings. The zero-order valence-corrected chi connectivity index (χ0v) is 8.41. The van der Waals surface area contributed by atoms with Crippen LogP contribution in [0.3, 0.4) is 0 Å². The van der Waals surface area contributed by atoms with Gasteiger partial charge in [-0.25, -0.2) is 0 Å². The van der Waals surface area contributed by atoms with E-state index in [9.17, 15) is 4.79 Å². The van der Waals surface area contributed by atoms with Crippen LogP contribution >= 0.6 is 0 Å². The van der Waals surface area contributed by atoms with Crippen LogP contribution in [0.5, 0.6) is 0 Å². The molecular formula is C13H16O. The van der Waals surface area contributed by atoms with Gasteiger partial charge in [0.2, 0.25) is 0 Å². The summed E-state index contributed by atoms with van der Waals surface area (Å²) in [6.07, 6.45) is 6.88. The van der Waals surface area contributed by atoms with Crippen LogP contribution < -0.4 is 0 Å². The molecule has 0 unspecified atom stereocenters. The Morgan fingerprint density at radius 3 is 2.21 bits per heavy atom. The summed E-state index contributed by atoms with van der Waals surface area (Å²) in [6, 6.07) is 10.2. The number of carbonyl (C=O) groups is 1. The van der Waals surface area contributed by atoms with Crippen molar-refractivity contribution in [1.82, 2.24) is 0 Å². The predicted molar refractivity (Wildman–Crippen MR) is 57.3 cm³/mol. The molecule has 74 valence electrons. The van der Waals surface area contributed by atoms with Crippen LogP contribution in [0.4, 0.5) is 0 Å². The maximum Gasteiger partial charge on any atom is 0.130 e. The molecule has 0 atom stereocenters. The molecule has 1 heteroatoms. The van der Waals surface area contributed by atoms with Gasteiger partial charge in [0.25, 0.3) is 0 Å². The lowest BCUT2D eigenvalue weighted by Gasteiger charge is -2.32. The first-order chi connectivity index (χ1) is 6.87. The number of hydrogen-bond donors (Lipinski definition) is 0. The van der Waals surface area contributed by atoms with Gasteiger partial charge in [-0.15, -0.1) is 0 Å². The number of rotatable bonds is 2. The van der Waals surface area contributed by atoms with Crippen LogP contribution in [0.1, 0.15) is 37.7 Å². The molecule has 1 aromatic rings. The molecule has 0 aromatic heterocycles. The van der Waals surface area contributed by atoms with Crippen LogP contribution in [0.2, 0.25) is 0 Å². The van der Waals surface area contributed by atoms with E-state index in [1.165, 1.54) is 31.1 Å². The van der Waals surface area contributed by atoms with Crippen molar-refractivity contribution in [3.63, 3.8) is 0 Å². The topological polar surface area (TPSA) is 17.1 Å². The van der Waals surface area contributed by atoms with Gasteiger partial charge < -0.3 is 4.79 Å². The van der Waals surface area contributed by atoms with Gasteiger partial charge in [0, 0.05) is 0 Å². The predicted octanol–water partition coefficient (Wildman–Crippen LogP) is 3.09. The summed E-state index contributed by atoms with van der Waals surface area (Å²) < 4.78 is 0. The van der Waals surface area contributed by atoms with Crippen molar-refractivity contribution in [1.29, 1.82) is 0 Å². The highest BCUT2D eigenvalue weighted by atomic mass is 16.1. The molecule has 0 aliphatic heterocycles. The largest absolute Gasteiger partial charge is 0.302 e. The van der Waals surface area contributed by atoms with E-state index in [0.717, 1.165) is 12.8 Å². The van der Waals surface area contributed by atoms with Crippen LogP contribution in [-0.4, -0.2) is 6.29 Å². The smallest absolute Gasteiger partial charge is 0.130 e. The highest BCUT2D eigenvalue weighted by molar-refractivity contribution is 5.68. The quantitative estimate of drug-likeness (QED) is 0.652. The van der Waals surface area contributed by atoms with Crippen LogP contribution in [0, 0.1) is 0 Å². The summed E-state index contributed by atoms with van der Waals surface area (Å²) in [5, 5.41) is 0. The van der Waals surface area contributed by atoms with Crippen molar-refractivity contribution in [3.05, 3.63) is 35.9 Å². The standard InChI is InChI=1S/C13H16O/c14-11-13(9-5-2-6-10-13)12-7-3-1-4-8-12/h1,3-4,7-8,11H,2,5-6,9-10H2. The van der Waals surface area contributed by atoms with E-state index in [-0.39, 0.29) is 5.41 Å². The minimum atomic E-state index is -0.167. The molecule has 0 saturated heterocycles. The van der Waals surface area contributed by atoms with E-state index in [2.05, 4.69) is 12.1 Å². The second-order valence-corrected chi connectivity index (χ2v) is 4.20. The molecule has 0 amide bonds. The molecule has 2 rings (SSSR count). The lowest BCUT2D eigenvalue weighted by atomic mass is 9.70. The van der Waals surface area contributed by atoms with Crippen molar-refractivity contribution >= 4 is 6.29 Å². The van der Waals surface area contributed by atoms with Gasteiger partial charge >= 0.3 is 0 Å². The SMILES string of the molecule is O=CC1(c2ccccc2)CCCCC1. The van der Waals surface area contributed by atoms with Gasteiger partial charge in [0.15, 0.2) is 0 Å². The minimum absolute atomic E-state index is 0.167. The Hall–Kier alpha value is -1.11. The first kappa shape index (κ1) is 9.45. The van der Waals surface area contributed by atoms with Gasteiger partial charge in [-0.2, -0.15) is 0 Å². The normalized spacial score (nSPS) is 20.3. The molecule has 1 aliphatic carbocycles. The Morgan fingerprint density at radius 2 is 1.64 bits per heavy atom. The van der Waals surface area contributed by atoms with Gasteiger partial charge in [-0.05, 0) is 18.4 Å². The molecule has 0 radical (unpaired) electrons. The molecule has 0 heterocycles. The fraction of sp³-hybridized carbons (Fsp3) is 0.462. The van der Waals surface area contributed by atoms with E-state index >= 15 is 0 Å². The third-order valence-electron chi connectivity index (χ3n) is 3.32. The molecule has 1 aliphatic rings. The summed E-state index contributed by atoms with van der Waals surface area (Å²) in [7, 11) is 0. The van der Waals surface area contributed by atoms with Crippen molar-refractivity contribution in [2.75, 3.05) is 0 Å². The van der Waals surface area contributed by atoms with Gasteiger partial charge in [0.05, 0.1) is 5.41 Å². The van der Waals surface area contributed by atoms with Crippen molar-refractivity contribution in [3.8, 4) is 0 Å². The monoisotopic (exact) mass is 188 g/mol. The molecule has 1 nitrogen and oxygen atoms in total. The maximum absolute atomic E-state index is 11.3. The van der Waals surface area contributed by atoms with Crippen molar-refractivity contribution in [2.24, 2.45) is 0 Å². The van der Waals surface area contributed by atoms with E-state index < -0.39 is 0 Å². The second-order valence-electron chi connectivity index (χ2n) is 4.20. The first-order valence-electron chi connectivity index (χ1n) is 5.39. The van der Waals surface area contributed by atoms with E-state index in [4.69, 9.17) is 0 Å². The molecule has 1 aromatic carbocycles. The Kier molecular flexibility index (Phi) is 2.67. The zero-order chi connectivity index (χ0) is 9.86. The number of carbonyl (C=O) groups excluding carboxylic acids is 1. The van der Waals surface area contributed by atoms with Gasteiger partial charge in [0.1, 0.15) is 6.29 Å². The molecule has 0 spiro atoms. The fourth-order valence-electron chi connectivity index (χ4n) is 2.43. The minimum Gasteiger partial charge on any atom is -0.302 e. The number of benzene rings is 1. The van der Waals surface area contributed by atoms with Gasteiger partial charge in [-0.1, -0.05) is 49.6 Å². The van der Waals surface area contributed by atoms with Crippen molar-refractivity contribution in [2.45, 2.75) is 37.5 Å². The lowest BCUT2D eigenvalue weighted by Crippen LogP contribution is -2.30. The van der Waals surface area contributed by atoms with E-state index in [1.54, 1.807) is 0 Å². The zero-order valence-electron chi connectivity index (χ0n) is 8.41. The van der Waals surface area contributed by atoms with E-state index in [1.807, 2.05) is 18.2 Å². The Morgan fingerprint density at radius 1 is 1.00 bits per heavy atom. The number of hydrogen-bond acceptors (Lipinski definition) is 1. The molecule has 14 heavy (non-hydrogen) atoms. The Labute approximate surface area is 85.1 Å². The highest BCUT2D eigenvalue weighted by Crippen LogP contribution is 2.37. The maximum atomic E-state index is 11.3. The molecular weight excluding hydrogens is 172 g/mol. The molecule has 0 N–H and O–H groups in total. The first-order valence-corrected chi connectivity index (χ1v) is 5.39. The summed E-state index contributed by atoms with van der Waals surface area (Å²) in [6.45, 7) is 0.